The molecule has 3 N–H and O–H groups in total. The monoisotopic (exact) mass is 436 g/mol. The summed E-state index contributed by atoms with van der Waals surface area (Å²) >= 11 is 0. The Labute approximate surface area is 187 Å². The summed E-state index contributed by atoms with van der Waals surface area (Å²) in [7, 11) is 0. The van der Waals surface area contributed by atoms with Crippen LogP contribution in [0.5, 0.6) is 0 Å². The van der Waals surface area contributed by atoms with Crippen molar-refractivity contribution in [2.75, 3.05) is 6.61 Å². The first kappa shape index (κ1) is 21.9. The highest BCUT2D eigenvalue weighted by molar-refractivity contribution is 5.85. The Morgan fingerprint density at radius 1 is 1.03 bits per heavy atom. The molecular weight excluding hydrogens is 408 g/mol. The second-order valence-electron chi connectivity index (χ2n) is 8.48. The minimum Gasteiger partial charge on any atom is -0.480 e. The van der Waals surface area contributed by atoms with Crippen LogP contribution in [0.25, 0.3) is 11.1 Å². The summed E-state index contributed by atoms with van der Waals surface area (Å²) in [4.78, 5) is 36.0. The molecule has 0 aromatic heterocycles. The van der Waals surface area contributed by atoms with E-state index in [4.69, 9.17) is 9.84 Å². The van der Waals surface area contributed by atoms with E-state index in [0.717, 1.165) is 11.1 Å². The van der Waals surface area contributed by atoms with Crippen LogP contribution in [-0.2, 0) is 14.3 Å². The van der Waals surface area contributed by atoms with Gasteiger partial charge in [-0.15, -0.1) is 0 Å². The number of benzene rings is 2. The number of nitrogens with one attached hydrogen (secondary N) is 2. The van der Waals surface area contributed by atoms with Gasteiger partial charge in [-0.05, 0) is 47.9 Å². The van der Waals surface area contributed by atoms with E-state index in [-0.39, 0.29) is 30.4 Å². The van der Waals surface area contributed by atoms with E-state index in [1.54, 1.807) is 6.92 Å². The molecule has 0 aliphatic heterocycles. The minimum atomic E-state index is -1.04. The first-order valence-corrected chi connectivity index (χ1v) is 11.1. The first-order chi connectivity index (χ1) is 15.5. The highest BCUT2D eigenvalue weighted by Gasteiger charge is 2.33. The summed E-state index contributed by atoms with van der Waals surface area (Å²) < 4.78 is 5.58. The maximum absolute atomic E-state index is 12.5. The van der Waals surface area contributed by atoms with Crippen molar-refractivity contribution in [2.45, 2.75) is 50.6 Å². The van der Waals surface area contributed by atoms with Gasteiger partial charge in [0, 0.05) is 17.9 Å². The van der Waals surface area contributed by atoms with Gasteiger partial charge in [-0.2, -0.15) is 0 Å². The molecule has 2 aliphatic rings. The van der Waals surface area contributed by atoms with Crippen LogP contribution < -0.4 is 10.6 Å². The van der Waals surface area contributed by atoms with Gasteiger partial charge in [0.2, 0.25) is 5.91 Å². The van der Waals surface area contributed by atoms with Crippen LogP contribution in [-0.4, -0.2) is 41.8 Å². The van der Waals surface area contributed by atoms with Crippen molar-refractivity contribution >= 4 is 18.0 Å². The number of carbonyl (C=O) groups excluding carboxylic acids is 2. The molecule has 4 rings (SSSR count). The van der Waals surface area contributed by atoms with Gasteiger partial charge in [0.25, 0.3) is 0 Å². The van der Waals surface area contributed by atoms with Crippen molar-refractivity contribution in [1.82, 2.24) is 10.6 Å². The zero-order chi connectivity index (χ0) is 22.7. The van der Waals surface area contributed by atoms with Crippen molar-refractivity contribution in [3.63, 3.8) is 0 Å². The molecule has 168 valence electrons. The van der Waals surface area contributed by atoms with Gasteiger partial charge < -0.3 is 20.5 Å². The predicted octanol–water partition coefficient (Wildman–Crippen LogP) is 3.67. The van der Waals surface area contributed by atoms with Gasteiger partial charge in [0.05, 0.1) is 0 Å². The average molecular weight is 437 g/mol. The minimum absolute atomic E-state index is 0.00255. The molecule has 7 nitrogen and oxygen atoms in total. The van der Waals surface area contributed by atoms with Gasteiger partial charge in [0.1, 0.15) is 12.6 Å². The number of carboxylic acids is 1. The largest absolute Gasteiger partial charge is 0.480 e. The van der Waals surface area contributed by atoms with Crippen molar-refractivity contribution in [1.29, 1.82) is 0 Å². The number of hydrogen-bond donors (Lipinski definition) is 3. The van der Waals surface area contributed by atoms with Crippen molar-refractivity contribution in [3.05, 3.63) is 59.7 Å². The van der Waals surface area contributed by atoms with E-state index in [0.29, 0.717) is 25.7 Å². The lowest BCUT2D eigenvalue weighted by molar-refractivity contribution is -0.142. The Balaban J connectivity index is 1.30. The lowest BCUT2D eigenvalue weighted by Gasteiger charge is -2.18. The summed E-state index contributed by atoms with van der Waals surface area (Å²) in [5, 5.41) is 14.6. The first-order valence-electron chi connectivity index (χ1n) is 11.1. The molecule has 0 bridgehead atoms. The van der Waals surface area contributed by atoms with Crippen LogP contribution in [0.2, 0.25) is 0 Å². The molecule has 7 heteroatoms. The summed E-state index contributed by atoms with van der Waals surface area (Å²) in [6.45, 7) is 1.96. The Bertz CT molecular complexity index is 975. The Morgan fingerprint density at radius 3 is 2.25 bits per heavy atom. The summed E-state index contributed by atoms with van der Waals surface area (Å²) in [5.74, 6) is -1.61. The van der Waals surface area contributed by atoms with Crippen molar-refractivity contribution in [2.24, 2.45) is 5.92 Å². The number of rotatable bonds is 7. The third-order valence-corrected chi connectivity index (χ3v) is 6.49. The number of amides is 2. The normalized spacial score (nSPS) is 20.2. The third kappa shape index (κ3) is 4.47. The molecule has 2 amide bonds. The van der Waals surface area contributed by atoms with E-state index in [1.807, 2.05) is 24.3 Å². The SMILES string of the molecule is CC[C@H](NC(=O)[C@H]1CC[C@@H](NC(=O)OCC2c3ccccc3-c3ccccc32)C1)C(=O)O. The van der Waals surface area contributed by atoms with Gasteiger partial charge in [-0.1, -0.05) is 55.5 Å². The van der Waals surface area contributed by atoms with Crippen LogP contribution in [0.4, 0.5) is 4.79 Å². The molecule has 0 saturated heterocycles. The quantitative estimate of drug-likeness (QED) is 0.614. The average Bonchev–Trinajstić information content (AvgIpc) is 3.38. The molecule has 32 heavy (non-hydrogen) atoms. The second kappa shape index (κ2) is 9.42. The molecule has 0 spiro atoms. The van der Waals surface area contributed by atoms with Crippen molar-refractivity contribution in [3.8, 4) is 11.1 Å². The topological polar surface area (TPSA) is 105 Å². The van der Waals surface area contributed by atoms with Gasteiger partial charge >= 0.3 is 12.1 Å². The fourth-order valence-corrected chi connectivity index (χ4v) is 4.79. The molecule has 2 aliphatic carbocycles. The molecule has 0 radical (unpaired) electrons. The van der Waals surface area contributed by atoms with Crippen LogP contribution in [0.3, 0.4) is 0 Å². The summed E-state index contributed by atoms with van der Waals surface area (Å²) in [6, 6.07) is 15.3. The molecular formula is C25H28N2O5. The maximum atomic E-state index is 12.5. The molecule has 0 unspecified atom stereocenters. The number of carbonyl (C=O) groups is 3. The summed E-state index contributed by atoms with van der Waals surface area (Å²) in [5.41, 5.74) is 4.66. The molecule has 2 aromatic carbocycles. The lowest BCUT2D eigenvalue weighted by Crippen LogP contribution is -2.43. The Morgan fingerprint density at radius 2 is 1.66 bits per heavy atom. The third-order valence-electron chi connectivity index (χ3n) is 6.49. The van der Waals surface area contributed by atoms with Crippen LogP contribution in [0.15, 0.2) is 48.5 Å². The number of carboxylic acid groups (broad SMARTS) is 1. The fourth-order valence-electron chi connectivity index (χ4n) is 4.79. The fraction of sp³-hybridized carbons (Fsp3) is 0.400. The van der Waals surface area contributed by atoms with Crippen molar-refractivity contribution < 1.29 is 24.2 Å². The van der Waals surface area contributed by atoms with Gasteiger partial charge in [-0.25, -0.2) is 9.59 Å². The van der Waals surface area contributed by atoms with E-state index in [1.165, 1.54) is 11.1 Å². The number of alkyl carbamates (subject to hydrolysis) is 1. The smallest absolute Gasteiger partial charge is 0.407 e. The highest BCUT2D eigenvalue weighted by atomic mass is 16.5. The zero-order valence-electron chi connectivity index (χ0n) is 18.0. The number of hydrogen-bond acceptors (Lipinski definition) is 4. The van der Waals surface area contributed by atoms with E-state index >= 15 is 0 Å². The van der Waals surface area contributed by atoms with Gasteiger partial charge in [0.15, 0.2) is 0 Å². The lowest BCUT2D eigenvalue weighted by atomic mass is 9.98. The van der Waals surface area contributed by atoms with Gasteiger partial charge in [-0.3, -0.25) is 4.79 Å². The molecule has 1 saturated carbocycles. The molecule has 3 atom stereocenters. The number of aliphatic carboxylic acids is 1. The van der Waals surface area contributed by atoms with Crippen LogP contribution in [0.1, 0.15) is 49.7 Å². The Hall–Kier alpha value is -3.35. The number of fused-ring (bicyclic) bond motifs is 3. The van der Waals surface area contributed by atoms with E-state index in [2.05, 4.69) is 34.9 Å². The van der Waals surface area contributed by atoms with Crippen LogP contribution >= 0.6 is 0 Å². The highest BCUT2D eigenvalue weighted by Crippen LogP contribution is 2.44. The zero-order valence-corrected chi connectivity index (χ0v) is 18.0. The standard InChI is InChI=1S/C25H28N2O5/c1-2-22(24(29)30)27-23(28)15-11-12-16(13-15)26-25(31)32-14-21-19-9-5-3-7-17(19)18-8-4-6-10-20(18)21/h3-10,15-16,21-22H,2,11-14H2,1H3,(H,26,31)(H,27,28)(H,29,30)/t15-,16+,22-/m0/s1. The molecule has 0 heterocycles. The predicted molar refractivity (Wildman–Crippen MR) is 119 cm³/mol. The van der Waals surface area contributed by atoms with E-state index in [9.17, 15) is 14.4 Å². The molecule has 1 fully saturated rings. The second-order valence-corrected chi connectivity index (χ2v) is 8.48. The van der Waals surface area contributed by atoms with Crippen LogP contribution in [0, 0.1) is 5.92 Å². The summed E-state index contributed by atoms with van der Waals surface area (Å²) in [6.07, 6.45) is 1.58. The molecule has 2 aromatic rings. The maximum Gasteiger partial charge on any atom is 0.407 e. The van der Waals surface area contributed by atoms with E-state index < -0.39 is 18.1 Å². The number of ether oxygens (including phenoxy) is 1. The Kier molecular flexibility index (Phi) is 6.44.